The lowest BCUT2D eigenvalue weighted by Gasteiger charge is -2.02. The number of carbonyl (C=O) groups is 1. The van der Waals surface area contributed by atoms with Crippen LogP contribution in [-0.2, 0) is 10.5 Å². The van der Waals surface area contributed by atoms with Gasteiger partial charge in [-0.2, -0.15) is 0 Å². The molecule has 1 aromatic heterocycles. The minimum atomic E-state index is -0.0463. The summed E-state index contributed by atoms with van der Waals surface area (Å²) in [6.07, 6.45) is 0. The number of thioether (sulfide) groups is 1. The molecule has 2 heterocycles. The highest BCUT2D eigenvalue weighted by molar-refractivity contribution is 7.99. The highest BCUT2D eigenvalue weighted by Gasteiger charge is 2.17. The van der Waals surface area contributed by atoms with Crippen molar-refractivity contribution in [2.24, 2.45) is 0 Å². The van der Waals surface area contributed by atoms with Gasteiger partial charge in [-0.15, -0.1) is 11.8 Å². The van der Waals surface area contributed by atoms with Crippen LogP contribution < -0.4 is 14.8 Å². The minimum Gasteiger partial charge on any atom is -0.454 e. The summed E-state index contributed by atoms with van der Waals surface area (Å²) in [4.78, 5) is 16.5. The normalized spacial score (nSPS) is 12.5. The van der Waals surface area contributed by atoms with Crippen molar-refractivity contribution in [2.45, 2.75) is 5.75 Å². The first-order valence-electron chi connectivity index (χ1n) is 7.40. The molecule has 1 amide bonds. The van der Waals surface area contributed by atoms with E-state index in [9.17, 15) is 4.79 Å². The summed E-state index contributed by atoms with van der Waals surface area (Å²) in [7, 11) is 0. The van der Waals surface area contributed by atoms with E-state index in [1.807, 2.05) is 30.3 Å². The van der Waals surface area contributed by atoms with Crippen molar-refractivity contribution in [1.82, 2.24) is 4.98 Å². The van der Waals surface area contributed by atoms with Crippen molar-refractivity contribution in [3.8, 4) is 11.5 Å². The number of rotatable bonds is 5. The maximum Gasteiger partial charge on any atom is 0.236 e. The number of nitrogens with one attached hydrogen (secondary N) is 1. The highest BCUT2D eigenvalue weighted by Crippen LogP contribution is 2.38. The summed E-state index contributed by atoms with van der Waals surface area (Å²) < 4.78 is 11.7. The van der Waals surface area contributed by atoms with Crippen molar-refractivity contribution >= 4 is 44.4 Å². The number of benzene rings is 2. The zero-order chi connectivity index (χ0) is 16.4. The molecule has 0 radical (unpaired) electrons. The molecular weight excluding hydrogens is 344 g/mol. The molecule has 3 aromatic rings. The van der Waals surface area contributed by atoms with Gasteiger partial charge in [-0.1, -0.05) is 41.7 Å². The third-order valence-corrected chi connectivity index (χ3v) is 5.41. The van der Waals surface area contributed by atoms with Crippen molar-refractivity contribution in [2.75, 3.05) is 17.9 Å². The summed E-state index contributed by atoms with van der Waals surface area (Å²) in [5, 5.41) is 3.45. The van der Waals surface area contributed by atoms with Crippen LogP contribution >= 0.6 is 23.1 Å². The van der Waals surface area contributed by atoms with Gasteiger partial charge in [0.2, 0.25) is 12.7 Å². The molecule has 0 unspecified atom stereocenters. The molecule has 0 saturated carbocycles. The first-order chi connectivity index (χ1) is 11.8. The predicted molar refractivity (Wildman–Crippen MR) is 97.0 cm³/mol. The van der Waals surface area contributed by atoms with Gasteiger partial charge in [0.05, 0.1) is 16.0 Å². The molecule has 1 N–H and O–H groups in total. The van der Waals surface area contributed by atoms with E-state index in [1.54, 1.807) is 11.8 Å². The Morgan fingerprint density at radius 2 is 2.00 bits per heavy atom. The summed E-state index contributed by atoms with van der Waals surface area (Å²) in [5.74, 6) is 2.59. The maximum absolute atomic E-state index is 12.1. The van der Waals surface area contributed by atoms with Gasteiger partial charge in [0.25, 0.3) is 0 Å². The van der Waals surface area contributed by atoms with Gasteiger partial charge in [0.15, 0.2) is 16.6 Å². The molecular formula is C17H14N2O3S2. The van der Waals surface area contributed by atoms with Crippen molar-refractivity contribution < 1.29 is 14.3 Å². The lowest BCUT2D eigenvalue weighted by atomic mass is 10.2. The van der Waals surface area contributed by atoms with Crippen molar-refractivity contribution in [3.05, 3.63) is 48.0 Å². The number of thiazole rings is 1. The van der Waals surface area contributed by atoms with Gasteiger partial charge in [-0.05, 0) is 5.56 Å². The molecule has 0 bridgehead atoms. The number of fused-ring (bicyclic) bond motifs is 2. The fraction of sp³-hybridized carbons (Fsp3) is 0.176. The molecule has 2 aromatic carbocycles. The van der Waals surface area contributed by atoms with Crippen molar-refractivity contribution in [1.29, 1.82) is 0 Å². The van der Waals surface area contributed by atoms with E-state index < -0.39 is 0 Å². The first-order valence-corrected chi connectivity index (χ1v) is 9.37. The lowest BCUT2D eigenvalue weighted by Crippen LogP contribution is -2.13. The molecule has 4 rings (SSSR count). The van der Waals surface area contributed by atoms with E-state index in [4.69, 9.17) is 9.47 Å². The molecule has 122 valence electrons. The van der Waals surface area contributed by atoms with Crippen LogP contribution in [0.3, 0.4) is 0 Å². The predicted octanol–water partition coefficient (Wildman–Crippen LogP) is 3.90. The Bertz CT molecular complexity index is 839. The fourth-order valence-corrected chi connectivity index (χ4v) is 4.04. The number of nitrogens with zero attached hydrogens (tertiary/aromatic N) is 1. The van der Waals surface area contributed by atoms with Gasteiger partial charge in [0, 0.05) is 17.9 Å². The van der Waals surface area contributed by atoms with E-state index in [-0.39, 0.29) is 12.7 Å². The Balaban J connectivity index is 1.36. The molecule has 1 aliphatic rings. The van der Waals surface area contributed by atoms with Crippen LogP contribution in [0.4, 0.5) is 5.13 Å². The molecule has 7 heteroatoms. The van der Waals surface area contributed by atoms with E-state index in [0.29, 0.717) is 16.6 Å². The standard InChI is InChI=1S/C17H14N2O3S2/c20-16(9-23-8-11-4-2-1-3-5-11)19-17-18-12-6-13-14(22-10-21-13)7-15(12)24-17/h1-7H,8-10H2,(H,18,19,20). The second kappa shape index (κ2) is 6.70. The third-order valence-electron chi connectivity index (χ3n) is 3.47. The SMILES string of the molecule is O=C(CSCc1ccccc1)Nc1nc2cc3c(cc2s1)OCO3. The molecule has 0 atom stereocenters. The summed E-state index contributed by atoms with van der Waals surface area (Å²) in [6.45, 7) is 0.245. The third kappa shape index (κ3) is 3.32. The Morgan fingerprint density at radius 1 is 1.21 bits per heavy atom. The van der Waals surface area contributed by atoms with E-state index in [1.165, 1.54) is 16.9 Å². The van der Waals surface area contributed by atoms with Gasteiger partial charge < -0.3 is 14.8 Å². The van der Waals surface area contributed by atoms with E-state index in [2.05, 4.69) is 22.4 Å². The molecule has 0 saturated heterocycles. The average molecular weight is 358 g/mol. The Labute approximate surface area is 147 Å². The smallest absolute Gasteiger partial charge is 0.236 e. The zero-order valence-corrected chi connectivity index (χ0v) is 14.3. The highest BCUT2D eigenvalue weighted by atomic mass is 32.2. The minimum absolute atomic E-state index is 0.0463. The number of ether oxygens (including phenoxy) is 2. The number of amides is 1. The van der Waals surface area contributed by atoms with Crippen LogP contribution in [0.2, 0.25) is 0 Å². The number of anilines is 1. The van der Waals surface area contributed by atoms with Crippen LogP contribution in [-0.4, -0.2) is 23.4 Å². The average Bonchev–Trinajstić information content (AvgIpc) is 3.18. The fourth-order valence-electron chi connectivity index (χ4n) is 2.36. The Kier molecular flexibility index (Phi) is 4.27. The number of hydrogen-bond acceptors (Lipinski definition) is 6. The van der Waals surface area contributed by atoms with Crippen molar-refractivity contribution in [3.63, 3.8) is 0 Å². The zero-order valence-electron chi connectivity index (χ0n) is 12.7. The van der Waals surface area contributed by atoms with Gasteiger partial charge in [-0.25, -0.2) is 4.98 Å². The van der Waals surface area contributed by atoms with Crippen LogP contribution in [0.1, 0.15) is 5.56 Å². The molecule has 24 heavy (non-hydrogen) atoms. The number of hydrogen-bond donors (Lipinski definition) is 1. The Morgan fingerprint density at radius 3 is 2.83 bits per heavy atom. The summed E-state index contributed by atoms with van der Waals surface area (Å²) >= 11 is 3.02. The Hall–Kier alpha value is -2.25. The molecule has 0 spiro atoms. The summed E-state index contributed by atoms with van der Waals surface area (Å²) in [6, 6.07) is 13.8. The van der Waals surface area contributed by atoms with E-state index in [0.717, 1.165) is 21.7 Å². The second-order valence-corrected chi connectivity index (χ2v) is 7.24. The van der Waals surface area contributed by atoms with Crippen LogP contribution in [0.25, 0.3) is 10.2 Å². The van der Waals surface area contributed by atoms with Gasteiger partial charge >= 0.3 is 0 Å². The lowest BCUT2D eigenvalue weighted by molar-refractivity contribution is -0.113. The second-order valence-electron chi connectivity index (χ2n) is 5.22. The van der Waals surface area contributed by atoms with E-state index >= 15 is 0 Å². The molecule has 0 aliphatic carbocycles. The first kappa shape index (κ1) is 15.3. The largest absolute Gasteiger partial charge is 0.454 e. The van der Waals surface area contributed by atoms with Gasteiger partial charge in [0.1, 0.15) is 0 Å². The summed E-state index contributed by atoms with van der Waals surface area (Å²) in [5.41, 5.74) is 2.02. The monoisotopic (exact) mass is 358 g/mol. The molecule has 5 nitrogen and oxygen atoms in total. The van der Waals surface area contributed by atoms with Crippen LogP contribution in [0, 0.1) is 0 Å². The van der Waals surface area contributed by atoms with Gasteiger partial charge in [-0.3, -0.25) is 4.79 Å². The van der Waals surface area contributed by atoms with Crippen LogP contribution in [0.5, 0.6) is 11.5 Å². The molecule has 1 aliphatic heterocycles. The maximum atomic E-state index is 12.1. The topological polar surface area (TPSA) is 60.5 Å². The number of carbonyl (C=O) groups excluding carboxylic acids is 1. The van der Waals surface area contributed by atoms with Crippen LogP contribution in [0.15, 0.2) is 42.5 Å². The quantitative estimate of drug-likeness (QED) is 0.750. The molecule has 0 fully saturated rings. The number of aromatic nitrogens is 1.